The Morgan fingerprint density at radius 1 is 0.625 bits per heavy atom. The van der Waals surface area contributed by atoms with Gasteiger partial charge in [0.2, 0.25) is 0 Å². The molecule has 0 heterocycles. The van der Waals surface area contributed by atoms with E-state index < -0.39 is 16.3 Å². The van der Waals surface area contributed by atoms with Crippen LogP contribution in [-0.4, -0.2) is 22.6 Å². The number of rotatable bonds is 8. The standard InChI is InChI=1S/C18H30Cl2O2P2/c1-11(2)23(12(3)4)21-17-10-18(16(20)9-15(17)19)22-24(13(5)6)14(7)8/h9-14H,1-8H3. The Morgan fingerprint density at radius 2 is 0.917 bits per heavy atom. The first-order chi connectivity index (χ1) is 11.0. The highest BCUT2D eigenvalue weighted by Crippen LogP contribution is 2.53. The van der Waals surface area contributed by atoms with E-state index in [1.807, 2.05) is 6.07 Å². The Bertz CT molecular complexity index is 475. The van der Waals surface area contributed by atoms with Crippen LogP contribution in [0.15, 0.2) is 12.1 Å². The minimum absolute atomic E-state index is 0.458. The van der Waals surface area contributed by atoms with Crippen LogP contribution in [-0.2, 0) is 0 Å². The lowest BCUT2D eigenvalue weighted by Gasteiger charge is -2.28. The van der Waals surface area contributed by atoms with Crippen LogP contribution in [0.25, 0.3) is 0 Å². The summed E-state index contributed by atoms with van der Waals surface area (Å²) in [4.78, 5) is 0. The smallest absolute Gasteiger partial charge is 0.145 e. The van der Waals surface area contributed by atoms with E-state index in [1.54, 1.807) is 6.07 Å². The molecule has 24 heavy (non-hydrogen) atoms. The van der Waals surface area contributed by atoms with Gasteiger partial charge in [-0.25, -0.2) is 0 Å². The molecule has 0 fully saturated rings. The summed E-state index contributed by atoms with van der Waals surface area (Å²) in [6.07, 6.45) is 0. The Balaban J connectivity index is 3.12. The van der Waals surface area contributed by atoms with Crippen molar-refractivity contribution in [3.8, 4) is 11.5 Å². The molecule has 0 N–H and O–H groups in total. The van der Waals surface area contributed by atoms with E-state index >= 15 is 0 Å². The Morgan fingerprint density at radius 3 is 1.17 bits per heavy atom. The summed E-state index contributed by atoms with van der Waals surface area (Å²) in [5.74, 6) is 1.35. The predicted octanol–water partition coefficient (Wildman–Crippen LogP) is 8.18. The lowest BCUT2D eigenvalue weighted by molar-refractivity contribution is 0.568. The fourth-order valence-electron chi connectivity index (χ4n) is 2.49. The molecule has 0 spiro atoms. The second-order valence-corrected chi connectivity index (χ2v) is 13.7. The first-order valence-electron chi connectivity index (χ1n) is 8.46. The molecule has 0 aliphatic heterocycles. The Hall–Kier alpha value is 0.260. The van der Waals surface area contributed by atoms with Crippen LogP contribution in [0.4, 0.5) is 0 Å². The van der Waals surface area contributed by atoms with Crippen LogP contribution in [0.5, 0.6) is 11.5 Å². The summed E-state index contributed by atoms with van der Waals surface area (Å²) < 4.78 is 12.5. The zero-order chi connectivity index (χ0) is 18.6. The van der Waals surface area contributed by atoms with Crippen molar-refractivity contribution in [2.24, 2.45) is 0 Å². The molecule has 0 radical (unpaired) electrons. The van der Waals surface area contributed by atoms with Gasteiger partial charge in [0, 0.05) is 28.7 Å². The molecule has 0 aliphatic rings. The van der Waals surface area contributed by atoms with Gasteiger partial charge in [0.1, 0.15) is 11.5 Å². The molecule has 0 saturated heterocycles. The van der Waals surface area contributed by atoms with Crippen LogP contribution >= 0.6 is 39.5 Å². The van der Waals surface area contributed by atoms with Gasteiger partial charge in [-0.3, -0.25) is 0 Å². The summed E-state index contributed by atoms with van der Waals surface area (Å²) >= 11 is 12.7. The average molecular weight is 411 g/mol. The fourth-order valence-corrected chi connectivity index (χ4v) is 7.04. The van der Waals surface area contributed by atoms with Crippen molar-refractivity contribution in [2.75, 3.05) is 0 Å². The second kappa shape index (κ2) is 9.82. The molecule has 0 saturated carbocycles. The number of benzene rings is 1. The zero-order valence-electron chi connectivity index (χ0n) is 15.9. The van der Waals surface area contributed by atoms with Crippen LogP contribution in [0, 0.1) is 0 Å². The normalized spacial score (nSPS) is 12.3. The fraction of sp³-hybridized carbons (Fsp3) is 0.667. The molecule has 0 bridgehead atoms. The molecule has 0 amide bonds. The highest BCUT2D eigenvalue weighted by molar-refractivity contribution is 7.54. The SMILES string of the molecule is CC(C)P(Oc1cc(OP(C(C)C)C(C)C)c(Cl)cc1Cl)C(C)C. The molecule has 6 heteroatoms. The predicted molar refractivity (Wildman–Crippen MR) is 112 cm³/mol. The van der Waals surface area contributed by atoms with E-state index in [0.717, 1.165) is 0 Å². The van der Waals surface area contributed by atoms with Crippen LogP contribution in [0.2, 0.25) is 10.0 Å². The molecule has 0 aliphatic carbocycles. The van der Waals surface area contributed by atoms with Crippen molar-refractivity contribution in [1.82, 2.24) is 0 Å². The summed E-state index contributed by atoms with van der Waals surface area (Å²) in [6, 6.07) is 3.60. The highest BCUT2D eigenvalue weighted by atomic mass is 35.5. The molecule has 0 unspecified atom stereocenters. The summed E-state index contributed by atoms with van der Waals surface area (Å²) in [7, 11) is -1.23. The van der Waals surface area contributed by atoms with Gasteiger partial charge < -0.3 is 9.05 Å². The van der Waals surface area contributed by atoms with Crippen LogP contribution in [0.3, 0.4) is 0 Å². The van der Waals surface area contributed by atoms with Gasteiger partial charge in [0.05, 0.1) is 26.3 Å². The molecule has 1 aromatic carbocycles. The molecule has 1 aromatic rings. The molecule has 1 rings (SSSR count). The van der Waals surface area contributed by atoms with Crippen molar-refractivity contribution >= 4 is 39.5 Å². The molecular weight excluding hydrogens is 381 g/mol. The van der Waals surface area contributed by atoms with Gasteiger partial charge in [-0.05, 0) is 6.07 Å². The van der Waals surface area contributed by atoms with Crippen molar-refractivity contribution in [3.05, 3.63) is 22.2 Å². The minimum Gasteiger partial charge on any atom is -0.472 e. The van der Waals surface area contributed by atoms with Gasteiger partial charge in [0.15, 0.2) is 0 Å². The van der Waals surface area contributed by atoms with Gasteiger partial charge in [-0.15, -0.1) is 0 Å². The first-order valence-corrected chi connectivity index (χ1v) is 12.0. The maximum atomic E-state index is 6.37. The number of halogens is 2. The summed E-state index contributed by atoms with van der Waals surface area (Å²) in [5, 5.41) is 1.08. The van der Waals surface area contributed by atoms with E-state index in [9.17, 15) is 0 Å². The quantitative estimate of drug-likeness (QED) is 0.402. The lowest BCUT2D eigenvalue weighted by Crippen LogP contribution is -2.10. The Labute approximate surface area is 160 Å². The number of hydrogen-bond acceptors (Lipinski definition) is 2. The summed E-state index contributed by atoms with van der Waals surface area (Å²) in [5.41, 5.74) is 1.83. The maximum absolute atomic E-state index is 6.37. The van der Waals surface area contributed by atoms with Crippen molar-refractivity contribution in [1.29, 1.82) is 0 Å². The number of hydrogen-bond donors (Lipinski definition) is 0. The lowest BCUT2D eigenvalue weighted by atomic mass is 10.3. The maximum Gasteiger partial charge on any atom is 0.145 e. The molecule has 0 atom stereocenters. The van der Waals surface area contributed by atoms with Crippen molar-refractivity contribution < 1.29 is 9.05 Å². The first kappa shape index (κ1) is 22.3. The van der Waals surface area contributed by atoms with E-state index in [-0.39, 0.29) is 0 Å². The van der Waals surface area contributed by atoms with E-state index in [2.05, 4.69) is 55.4 Å². The van der Waals surface area contributed by atoms with Crippen molar-refractivity contribution in [2.45, 2.75) is 78.0 Å². The monoisotopic (exact) mass is 410 g/mol. The average Bonchev–Trinajstić information content (AvgIpc) is 2.43. The minimum atomic E-state index is -0.616. The Kier molecular flexibility index (Phi) is 9.12. The highest BCUT2D eigenvalue weighted by Gasteiger charge is 2.24. The van der Waals surface area contributed by atoms with Gasteiger partial charge in [-0.1, -0.05) is 78.6 Å². The van der Waals surface area contributed by atoms with Crippen LogP contribution in [0.1, 0.15) is 55.4 Å². The topological polar surface area (TPSA) is 18.5 Å². The van der Waals surface area contributed by atoms with Gasteiger partial charge >= 0.3 is 0 Å². The third-order valence-electron chi connectivity index (χ3n) is 3.43. The largest absolute Gasteiger partial charge is 0.472 e. The van der Waals surface area contributed by atoms with Crippen LogP contribution < -0.4 is 9.05 Å². The zero-order valence-corrected chi connectivity index (χ0v) is 19.2. The second-order valence-electron chi connectivity index (χ2n) is 6.99. The molecular formula is C18H30Cl2O2P2. The van der Waals surface area contributed by atoms with Gasteiger partial charge in [-0.2, -0.15) is 0 Å². The van der Waals surface area contributed by atoms with E-state index in [1.165, 1.54) is 0 Å². The van der Waals surface area contributed by atoms with Crippen molar-refractivity contribution in [3.63, 3.8) is 0 Å². The van der Waals surface area contributed by atoms with E-state index in [4.69, 9.17) is 32.2 Å². The third kappa shape index (κ3) is 6.21. The summed E-state index contributed by atoms with van der Waals surface area (Å²) in [6.45, 7) is 17.5. The third-order valence-corrected chi connectivity index (χ3v) is 8.91. The molecule has 2 nitrogen and oxygen atoms in total. The molecule has 0 aromatic heterocycles. The molecule has 138 valence electrons. The van der Waals surface area contributed by atoms with E-state index in [0.29, 0.717) is 44.2 Å². The van der Waals surface area contributed by atoms with Gasteiger partial charge in [0.25, 0.3) is 0 Å².